The third-order valence-electron chi connectivity index (χ3n) is 2.76. The van der Waals surface area contributed by atoms with Crippen LogP contribution in [0.1, 0.15) is 29.1 Å². The lowest BCUT2D eigenvalue weighted by Gasteiger charge is -2.14. The molecular weight excluding hydrogens is 328 g/mol. The fourth-order valence-corrected chi connectivity index (χ4v) is 2.81. The van der Waals surface area contributed by atoms with Gasteiger partial charge in [0.1, 0.15) is 0 Å². The lowest BCUT2D eigenvalue weighted by atomic mass is 10.2. The Hall–Kier alpha value is -1.05. The van der Waals surface area contributed by atoms with Crippen LogP contribution in [0.5, 0.6) is 5.88 Å². The number of ether oxygens (including phenoxy) is 1. The molecular formula is C12H15BrN4OS. The van der Waals surface area contributed by atoms with Crippen molar-refractivity contribution in [2.45, 2.75) is 26.4 Å². The molecule has 0 bridgehead atoms. The molecule has 0 aliphatic rings. The van der Waals surface area contributed by atoms with Crippen LogP contribution in [0.25, 0.3) is 0 Å². The van der Waals surface area contributed by atoms with Gasteiger partial charge in [-0.1, -0.05) is 4.49 Å². The topological polar surface area (TPSA) is 59.9 Å². The Morgan fingerprint density at radius 1 is 1.53 bits per heavy atom. The quantitative estimate of drug-likeness (QED) is 0.905. The molecule has 0 radical (unpaired) electrons. The van der Waals surface area contributed by atoms with Gasteiger partial charge in [0, 0.05) is 28.8 Å². The van der Waals surface area contributed by atoms with E-state index in [2.05, 4.69) is 42.7 Å². The summed E-state index contributed by atoms with van der Waals surface area (Å²) in [5.74, 6) is 0.641. The zero-order chi connectivity index (χ0) is 13.8. The molecule has 1 N–H and O–H groups in total. The minimum atomic E-state index is 0.198. The van der Waals surface area contributed by atoms with E-state index in [0.717, 1.165) is 20.6 Å². The first-order valence-corrected chi connectivity index (χ1v) is 7.39. The molecule has 5 nitrogen and oxygen atoms in total. The van der Waals surface area contributed by atoms with Crippen LogP contribution in [0.2, 0.25) is 0 Å². The molecule has 0 saturated heterocycles. The predicted molar refractivity (Wildman–Crippen MR) is 78.4 cm³/mol. The summed E-state index contributed by atoms with van der Waals surface area (Å²) in [6.07, 6.45) is 1.73. The van der Waals surface area contributed by atoms with E-state index in [4.69, 9.17) is 4.74 Å². The van der Waals surface area contributed by atoms with Gasteiger partial charge < -0.3 is 10.1 Å². The molecule has 0 fully saturated rings. The molecule has 7 heteroatoms. The minimum Gasteiger partial charge on any atom is -0.481 e. The molecule has 19 heavy (non-hydrogen) atoms. The molecule has 0 saturated carbocycles. The Balaban J connectivity index is 2.06. The third-order valence-corrected chi connectivity index (χ3v) is 4.21. The van der Waals surface area contributed by atoms with Crippen molar-refractivity contribution < 1.29 is 4.74 Å². The standard InChI is InChI=1S/C12H15BrN4OS/c1-7(11-8(2)16-17-19-11)14-5-9-4-10(13)6-15-12(9)18-3/h4,6-7,14H,5H2,1-3H3. The van der Waals surface area contributed by atoms with E-state index < -0.39 is 0 Å². The first-order valence-electron chi connectivity index (χ1n) is 5.82. The Bertz CT molecular complexity index is 560. The summed E-state index contributed by atoms with van der Waals surface area (Å²) in [5.41, 5.74) is 1.99. The third kappa shape index (κ3) is 3.49. The summed E-state index contributed by atoms with van der Waals surface area (Å²) in [4.78, 5) is 5.38. The van der Waals surface area contributed by atoms with Crippen LogP contribution < -0.4 is 10.1 Å². The van der Waals surface area contributed by atoms with E-state index in [9.17, 15) is 0 Å². The van der Waals surface area contributed by atoms with Gasteiger partial charge in [0.15, 0.2) is 0 Å². The second-order valence-electron chi connectivity index (χ2n) is 4.15. The maximum absolute atomic E-state index is 5.25. The number of aryl methyl sites for hydroxylation is 1. The number of aromatic nitrogens is 3. The Kier molecular flexibility index (Phi) is 4.84. The van der Waals surface area contributed by atoms with Crippen LogP contribution in [0.15, 0.2) is 16.7 Å². The SMILES string of the molecule is COc1ncc(Br)cc1CNC(C)c1snnc1C. The van der Waals surface area contributed by atoms with Crippen LogP contribution in [-0.2, 0) is 6.54 Å². The van der Waals surface area contributed by atoms with Gasteiger partial charge in [-0.05, 0) is 47.4 Å². The monoisotopic (exact) mass is 342 g/mol. The summed E-state index contributed by atoms with van der Waals surface area (Å²) in [6.45, 7) is 4.74. The van der Waals surface area contributed by atoms with Crippen molar-refractivity contribution in [2.24, 2.45) is 0 Å². The highest BCUT2D eigenvalue weighted by molar-refractivity contribution is 9.10. The van der Waals surface area contributed by atoms with Crippen molar-refractivity contribution in [3.05, 3.63) is 32.9 Å². The lowest BCUT2D eigenvalue weighted by Crippen LogP contribution is -2.18. The molecule has 0 amide bonds. The summed E-state index contributed by atoms with van der Waals surface area (Å²) >= 11 is 4.85. The number of hydrogen-bond donors (Lipinski definition) is 1. The molecule has 0 aliphatic carbocycles. The molecule has 2 heterocycles. The van der Waals surface area contributed by atoms with E-state index in [0.29, 0.717) is 12.4 Å². The number of nitrogens with zero attached hydrogens (tertiary/aromatic N) is 3. The summed E-state index contributed by atoms with van der Waals surface area (Å²) in [6, 6.07) is 2.20. The van der Waals surface area contributed by atoms with Crippen molar-refractivity contribution >= 4 is 27.5 Å². The number of methoxy groups -OCH3 is 1. The molecule has 102 valence electrons. The van der Waals surface area contributed by atoms with E-state index >= 15 is 0 Å². The maximum Gasteiger partial charge on any atom is 0.217 e. The van der Waals surface area contributed by atoms with Crippen molar-refractivity contribution in [3.8, 4) is 5.88 Å². The largest absolute Gasteiger partial charge is 0.481 e. The molecule has 2 aromatic heterocycles. The molecule has 1 unspecified atom stereocenters. The van der Waals surface area contributed by atoms with Crippen molar-refractivity contribution in [1.29, 1.82) is 0 Å². The van der Waals surface area contributed by atoms with E-state index in [1.807, 2.05) is 13.0 Å². The molecule has 1 atom stereocenters. The van der Waals surface area contributed by atoms with Crippen LogP contribution in [0.4, 0.5) is 0 Å². The Labute approximate surface area is 124 Å². The van der Waals surface area contributed by atoms with Gasteiger partial charge in [-0.3, -0.25) is 0 Å². The number of halogens is 1. The van der Waals surface area contributed by atoms with Crippen LogP contribution >= 0.6 is 27.5 Å². The Morgan fingerprint density at radius 3 is 2.95 bits per heavy atom. The average Bonchev–Trinajstić information content (AvgIpc) is 2.82. The highest BCUT2D eigenvalue weighted by atomic mass is 79.9. The molecule has 0 aromatic carbocycles. The zero-order valence-electron chi connectivity index (χ0n) is 11.0. The molecule has 2 rings (SSSR count). The second-order valence-corrected chi connectivity index (χ2v) is 5.85. The van der Waals surface area contributed by atoms with Crippen LogP contribution in [0.3, 0.4) is 0 Å². The maximum atomic E-state index is 5.25. The Morgan fingerprint density at radius 2 is 2.32 bits per heavy atom. The van der Waals surface area contributed by atoms with Gasteiger partial charge in [-0.15, -0.1) is 5.10 Å². The van der Waals surface area contributed by atoms with Crippen molar-refractivity contribution in [2.75, 3.05) is 7.11 Å². The van der Waals surface area contributed by atoms with Gasteiger partial charge in [0.2, 0.25) is 5.88 Å². The van der Waals surface area contributed by atoms with Crippen LogP contribution in [-0.4, -0.2) is 21.7 Å². The minimum absolute atomic E-state index is 0.198. The number of pyridine rings is 1. The normalized spacial score (nSPS) is 12.4. The molecule has 2 aromatic rings. The fourth-order valence-electron chi connectivity index (χ4n) is 1.77. The van der Waals surface area contributed by atoms with Crippen molar-refractivity contribution in [3.63, 3.8) is 0 Å². The first kappa shape index (κ1) is 14.4. The smallest absolute Gasteiger partial charge is 0.217 e. The predicted octanol–water partition coefficient (Wildman–Crippen LogP) is 2.86. The average molecular weight is 343 g/mol. The summed E-state index contributed by atoms with van der Waals surface area (Å²) in [7, 11) is 1.63. The first-order chi connectivity index (χ1) is 9.11. The van der Waals surface area contributed by atoms with E-state index in [1.54, 1.807) is 13.3 Å². The van der Waals surface area contributed by atoms with Gasteiger partial charge in [0.05, 0.1) is 17.7 Å². The van der Waals surface area contributed by atoms with Crippen molar-refractivity contribution in [1.82, 2.24) is 19.9 Å². The van der Waals surface area contributed by atoms with Crippen LogP contribution in [0, 0.1) is 6.92 Å². The van der Waals surface area contributed by atoms with E-state index in [1.165, 1.54) is 11.5 Å². The second kappa shape index (κ2) is 6.40. The van der Waals surface area contributed by atoms with Gasteiger partial charge in [-0.2, -0.15) is 0 Å². The summed E-state index contributed by atoms with van der Waals surface area (Å²) in [5, 5.41) is 7.46. The highest BCUT2D eigenvalue weighted by Gasteiger charge is 2.13. The number of hydrogen-bond acceptors (Lipinski definition) is 6. The van der Waals surface area contributed by atoms with Gasteiger partial charge in [0.25, 0.3) is 0 Å². The molecule has 0 spiro atoms. The number of nitrogens with one attached hydrogen (secondary N) is 1. The lowest BCUT2D eigenvalue weighted by molar-refractivity contribution is 0.389. The highest BCUT2D eigenvalue weighted by Crippen LogP contribution is 2.23. The van der Waals surface area contributed by atoms with Gasteiger partial charge >= 0.3 is 0 Å². The number of rotatable bonds is 5. The molecule has 0 aliphatic heterocycles. The van der Waals surface area contributed by atoms with Gasteiger partial charge in [-0.25, -0.2) is 4.98 Å². The fraction of sp³-hybridized carbons (Fsp3) is 0.417. The summed E-state index contributed by atoms with van der Waals surface area (Å²) < 4.78 is 10.1. The zero-order valence-corrected chi connectivity index (χ0v) is 13.4. The van der Waals surface area contributed by atoms with E-state index in [-0.39, 0.29) is 6.04 Å².